The van der Waals surface area contributed by atoms with Gasteiger partial charge in [-0.15, -0.1) is 0 Å². The lowest BCUT2D eigenvalue weighted by Gasteiger charge is -2.31. The molecule has 3 fully saturated rings. The quantitative estimate of drug-likeness (QED) is 0.191. The summed E-state index contributed by atoms with van der Waals surface area (Å²) in [7, 11) is 0. The molecule has 1 aliphatic carbocycles. The van der Waals surface area contributed by atoms with Crippen LogP contribution in [-0.2, 0) is 9.47 Å². The number of nitrogens with zero attached hydrogens (tertiary/aromatic N) is 4. The predicted molar refractivity (Wildman–Crippen MR) is 203 cm³/mol. The van der Waals surface area contributed by atoms with Gasteiger partial charge in [0.05, 0.1) is 23.1 Å². The number of hydrogen-bond acceptors (Lipinski definition) is 6. The van der Waals surface area contributed by atoms with Crippen LogP contribution in [0.25, 0.3) is 44.2 Å². The summed E-state index contributed by atoms with van der Waals surface area (Å²) >= 11 is 6.76. The lowest BCUT2D eigenvalue weighted by Crippen LogP contribution is -2.41. The molecule has 11 heteroatoms. The summed E-state index contributed by atoms with van der Waals surface area (Å²) in [6, 6.07) is 18.8. The number of fused-ring (bicyclic) bond motifs is 3. The van der Waals surface area contributed by atoms with Crippen LogP contribution in [0.1, 0.15) is 98.4 Å². The van der Waals surface area contributed by atoms with Crippen LogP contribution in [0.2, 0.25) is 5.15 Å². The van der Waals surface area contributed by atoms with Crippen molar-refractivity contribution in [2.45, 2.75) is 110 Å². The number of ether oxygens (including phenoxy) is 2. The first kappa shape index (κ1) is 34.5. The molecule has 3 aromatic carbocycles. The topological polar surface area (TPSA) is 116 Å². The largest absolute Gasteiger partial charge is 0.444 e. The highest BCUT2D eigenvalue weighted by Crippen LogP contribution is 2.54. The normalized spacial score (nSPS) is 24.5. The van der Waals surface area contributed by atoms with E-state index in [2.05, 4.69) is 66.3 Å². The molecule has 0 spiro atoms. The molecule has 0 bridgehead atoms. The van der Waals surface area contributed by atoms with E-state index in [0.29, 0.717) is 28.5 Å². The van der Waals surface area contributed by atoms with Crippen LogP contribution in [0.3, 0.4) is 0 Å². The van der Waals surface area contributed by atoms with Crippen molar-refractivity contribution in [3.8, 4) is 22.4 Å². The van der Waals surface area contributed by atoms with E-state index in [1.54, 1.807) is 0 Å². The number of piperidine rings is 1. The fourth-order valence-electron chi connectivity index (χ4n) is 8.01. The molecule has 2 saturated heterocycles. The number of halogens is 1. The first-order chi connectivity index (χ1) is 24.5. The highest BCUT2D eigenvalue weighted by molar-refractivity contribution is 6.32. The second-order valence-electron chi connectivity index (χ2n) is 17.0. The molecule has 272 valence electrons. The van der Waals surface area contributed by atoms with E-state index in [1.165, 1.54) is 0 Å². The molecule has 2 N–H and O–H groups in total. The van der Waals surface area contributed by atoms with Gasteiger partial charge in [-0.3, -0.25) is 9.80 Å². The van der Waals surface area contributed by atoms with Crippen molar-refractivity contribution in [1.82, 2.24) is 29.7 Å². The molecular formula is C41H47ClN6O4. The number of hydrogen-bond donors (Lipinski definition) is 2. The zero-order chi connectivity index (χ0) is 36.9. The Morgan fingerprint density at radius 1 is 0.731 bits per heavy atom. The summed E-state index contributed by atoms with van der Waals surface area (Å²) in [6.45, 7) is 15.6. The number of benzene rings is 3. The first-order valence-electron chi connectivity index (χ1n) is 18.4. The van der Waals surface area contributed by atoms with Gasteiger partial charge in [-0.2, -0.15) is 0 Å². The second-order valence-corrected chi connectivity index (χ2v) is 17.4. The van der Waals surface area contributed by atoms with Crippen LogP contribution in [0, 0.1) is 11.8 Å². The number of amides is 2. The summed E-state index contributed by atoms with van der Waals surface area (Å²) in [5, 5.41) is 2.61. The minimum atomic E-state index is -0.574. The minimum absolute atomic E-state index is 0.0418. The van der Waals surface area contributed by atoms with E-state index in [0.717, 1.165) is 63.6 Å². The molecule has 0 radical (unpaired) electrons. The number of H-pyrrole nitrogens is 2. The summed E-state index contributed by atoms with van der Waals surface area (Å²) in [5.41, 5.74) is 4.36. The van der Waals surface area contributed by atoms with Crippen LogP contribution in [0.15, 0.2) is 54.6 Å². The van der Waals surface area contributed by atoms with Crippen LogP contribution in [-0.4, -0.2) is 65.2 Å². The molecule has 2 aliphatic heterocycles. The van der Waals surface area contributed by atoms with Gasteiger partial charge in [0.15, 0.2) is 0 Å². The van der Waals surface area contributed by atoms with Crippen molar-refractivity contribution < 1.29 is 19.1 Å². The summed E-state index contributed by atoms with van der Waals surface area (Å²) in [4.78, 5) is 46.8. The van der Waals surface area contributed by atoms with Crippen LogP contribution >= 0.6 is 11.6 Å². The molecule has 4 heterocycles. The zero-order valence-corrected chi connectivity index (χ0v) is 31.8. The number of carbonyl (C=O) groups excluding carboxylic acids is 2. The highest BCUT2D eigenvalue weighted by Gasteiger charge is 2.56. The number of carbonyl (C=O) groups is 2. The van der Waals surface area contributed by atoms with Gasteiger partial charge in [0.1, 0.15) is 33.7 Å². The van der Waals surface area contributed by atoms with E-state index in [9.17, 15) is 9.59 Å². The van der Waals surface area contributed by atoms with Crippen molar-refractivity contribution in [2.24, 2.45) is 11.8 Å². The number of aromatic nitrogens is 4. The van der Waals surface area contributed by atoms with Crippen LogP contribution in [0.5, 0.6) is 0 Å². The van der Waals surface area contributed by atoms with Gasteiger partial charge in [0, 0.05) is 17.6 Å². The Morgan fingerprint density at radius 3 is 2.00 bits per heavy atom. The van der Waals surface area contributed by atoms with Crippen molar-refractivity contribution in [1.29, 1.82) is 0 Å². The molecule has 0 unspecified atom stereocenters. The van der Waals surface area contributed by atoms with Crippen molar-refractivity contribution >= 4 is 45.6 Å². The molecule has 52 heavy (non-hydrogen) atoms. The fourth-order valence-corrected chi connectivity index (χ4v) is 8.26. The number of aromatic amines is 2. The Bertz CT molecular complexity index is 2210. The third kappa shape index (κ3) is 6.39. The van der Waals surface area contributed by atoms with Crippen molar-refractivity contribution in [3.63, 3.8) is 0 Å². The monoisotopic (exact) mass is 722 g/mol. The Labute approximate surface area is 309 Å². The van der Waals surface area contributed by atoms with Crippen LogP contribution in [0.4, 0.5) is 9.59 Å². The molecule has 1 saturated carbocycles. The highest BCUT2D eigenvalue weighted by atomic mass is 35.5. The van der Waals surface area contributed by atoms with E-state index < -0.39 is 11.2 Å². The summed E-state index contributed by atoms with van der Waals surface area (Å²) in [6.07, 6.45) is 2.07. The van der Waals surface area contributed by atoms with Gasteiger partial charge < -0.3 is 19.4 Å². The van der Waals surface area contributed by atoms with Crippen LogP contribution < -0.4 is 0 Å². The number of rotatable bonds is 4. The van der Waals surface area contributed by atoms with Gasteiger partial charge in [-0.25, -0.2) is 19.6 Å². The van der Waals surface area contributed by atoms with Gasteiger partial charge >= 0.3 is 12.2 Å². The lowest BCUT2D eigenvalue weighted by molar-refractivity contribution is 0.0137. The molecule has 5 aromatic rings. The van der Waals surface area contributed by atoms with Crippen molar-refractivity contribution in [2.75, 3.05) is 0 Å². The molecule has 2 aromatic heterocycles. The Morgan fingerprint density at radius 2 is 1.31 bits per heavy atom. The molecule has 6 atom stereocenters. The Balaban J connectivity index is 1.03. The Hall–Kier alpha value is -4.57. The molecule has 8 rings (SSSR count). The maximum atomic E-state index is 13.3. The summed E-state index contributed by atoms with van der Waals surface area (Å²) < 4.78 is 11.5. The fraction of sp³-hybridized carbons (Fsp3) is 0.463. The standard InChI is InChI=1S/C41H47ClN6O4/c1-21-15-32(47(22(21)2)38(49)51-40(3,4)5)36-43-29-14-13-26(18-30(29)44-36)24-9-10-25-17-27(12-11-23(25)16-24)34-35(42)46-37(45-34)33-20-28-19-31(28)48(33)39(50)52-41(6,7)8/h9-14,16-18,21-22,28,31-33H,15,19-20H2,1-8H3,(H,43,44)(H,45,46)/t21-,22-,28-,31-,32+,33+/m1/s1. The zero-order valence-electron chi connectivity index (χ0n) is 31.1. The maximum absolute atomic E-state index is 13.3. The predicted octanol–water partition coefficient (Wildman–Crippen LogP) is 10.2. The van der Waals surface area contributed by atoms with Gasteiger partial charge in [-0.05, 0) is 126 Å². The number of likely N-dealkylation sites (tertiary alicyclic amines) is 2. The summed E-state index contributed by atoms with van der Waals surface area (Å²) in [5.74, 6) is 2.27. The average Bonchev–Trinajstić information content (AvgIpc) is 3.38. The lowest BCUT2D eigenvalue weighted by atomic mass is 9.99. The third-order valence-corrected chi connectivity index (χ3v) is 11.0. The SMILES string of the molecule is C[C@@H]1C[C@@H](c2nc3ccc(-c4ccc5cc(-c6nc([C@@H]7C[C@H]8C[C@H]8N7C(=O)OC(C)(C)C)[nH]c6Cl)ccc5c4)cc3[nH]2)N(C(=O)OC(C)(C)C)[C@@H]1C. The van der Waals surface area contributed by atoms with E-state index >= 15 is 0 Å². The molecule has 3 aliphatic rings. The average molecular weight is 723 g/mol. The first-order valence-corrected chi connectivity index (χ1v) is 18.7. The van der Waals surface area contributed by atoms with Gasteiger partial charge in [-0.1, -0.05) is 48.9 Å². The number of imidazole rings is 2. The third-order valence-electron chi connectivity index (χ3n) is 10.8. The van der Waals surface area contributed by atoms with Gasteiger partial charge in [0.25, 0.3) is 0 Å². The van der Waals surface area contributed by atoms with E-state index in [-0.39, 0.29) is 36.4 Å². The van der Waals surface area contributed by atoms with Gasteiger partial charge in [0.2, 0.25) is 0 Å². The molecule has 2 amide bonds. The molecule has 10 nitrogen and oxygen atoms in total. The maximum Gasteiger partial charge on any atom is 0.411 e. The Kier molecular flexibility index (Phi) is 8.13. The second kappa shape index (κ2) is 12.3. The number of nitrogens with one attached hydrogen (secondary N) is 2. The van der Waals surface area contributed by atoms with E-state index in [4.69, 9.17) is 31.0 Å². The minimum Gasteiger partial charge on any atom is -0.444 e. The van der Waals surface area contributed by atoms with Crippen molar-refractivity contribution in [3.05, 3.63) is 71.4 Å². The molecular weight excluding hydrogens is 676 g/mol. The van der Waals surface area contributed by atoms with E-state index in [1.807, 2.05) is 63.5 Å². The smallest absolute Gasteiger partial charge is 0.411 e.